The molecule has 1 amide bonds. The van der Waals surface area contributed by atoms with Gasteiger partial charge in [0.05, 0.1) is 6.54 Å². The van der Waals surface area contributed by atoms with E-state index in [1.807, 2.05) is 24.3 Å². The molecule has 3 nitrogen and oxygen atoms in total. The lowest BCUT2D eigenvalue weighted by molar-refractivity contribution is -0.115. The van der Waals surface area contributed by atoms with E-state index in [0.717, 1.165) is 11.3 Å². The van der Waals surface area contributed by atoms with Crippen LogP contribution in [0.15, 0.2) is 48.5 Å². The van der Waals surface area contributed by atoms with Crippen molar-refractivity contribution in [3.05, 3.63) is 65.2 Å². The highest BCUT2D eigenvalue weighted by Crippen LogP contribution is 2.23. The number of rotatable bonds is 6. The van der Waals surface area contributed by atoms with Gasteiger partial charge in [-0.3, -0.25) is 4.79 Å². The molecule has 2 aromatic carbocycles. The van der Waals surface area contributed by atoms with E-state index in [1.165, 1.54) is 11.1 Å². The molecule has 0 aliphatic heterocycles. The molecule has 0 saturated heterocycles. The number of carbonyl (C=O) groups is 1. The van der Waals surface area contributed by atoms with Gasteiger partial charge < -0.3 is 10.6 Å². The lowest BCUT2D eigenvalue weighted by atomic mass is 10.0. The van der Waals surface area contributed by atoms with Crippen LogP contribution < -0.4 is 10.6 Å². The maximum atomic E-state index is 12.1. The van der Waals surface area contributed by atoms with Crippen LogP contribution in [0, 0.1) is 6.92 Å². The van der Waals surface area contributed by atoms with Gasteiger partial charge in [0.25, 0.3) is 0 Å². The summed E-state index contributed by atoms with van der Waals surface area (Å²) in [5.74, 6) is 0.373. The second-order valence-electron chi connectivity index (χ2n) is 5.88. The Morgan fingerprint density at radius 3 is 2.59 bits per heavy atom. The summed E-state index contributed by atoms with van der Waals surface area (Å²) in [4.78, 5) is 12.1. The minimum Gasteiger partial charge on any atom is -0.325 e. The van der Waals surface area contributed by atoms with Crippen LogP contribution in [-0.2, 0) is 11.3 Å². The molecule has 2 aromatic rings. The van der Waals surface area contributed by atoms with Gasteiger partial charge >= 0.3 is 0 Å². The molecule has 0 saturated carbocycles. The van der Waals surface area contributed by atoms with Gasteiger partial charge in [-0.25, -0.2) is 0 Å². The van der Waals surface area contributed by atoms with E-state index < -0.39 is 0 Å². The predicted molar refractivity (Wildman–Crippen MR) is 92.0 cm³/mol. The first-order chi connectivity index (χ1) is 10.6. The molecule has 0 bridgehead atoms. The average Bonchev–Trinajstić information content (AvgIpc) is 2.47. The largest absolute Gasteiger partial charge is 0.325 e. The molecule has 0 aliphatic carbocycles. The van der Waals surface area contributed by atoms with Gasteiger partial charge in [0.1, 0.15) is 0 Å². The van der Waals surface area contributed by atoms with Crippen molar-refractivity contribution in [2.75, 3.05) is 11.9 Å². The highest BCUT2D eigenvalue weighted by atomic mass is 16.1. The Morgan fingerprint density at radius 2 is 1.86 bits per heavy atom. The fourth-order valence-corrected chi connectivity index (χ4v) is 2.45. The third kappa shape index (κ3) is 4.71. The molecule has 3 heteroatoms. The number of para-hydroxylation sites is 1. The summed E-state index contributed by atoms with van der Waals surface area (Å²) < 4.78 is 0. The van der Waals surface area contributed by atoms with Crippen LogP contribution in [0.2, 0.25) is 0 Å². The number of hydrogen-bond acceptors (Lipinski definition) is 2. The number of amides is 1. The Balaban J connectivity index is 1.86. The van der Waals surface area contributed by atoms with E-state index in [9.17, 15) is 4.79 Å². The number of anilines is 1. The number of nitrogens with one attached hydrogen (secondary N) is 2. The molecule has 0 aromatic heterocycles. The molecular formula is C19H24N2O. The van der Waals surface area contributed by atoms with Crippen molar-refractivity contribution in [2.24, 2.45) is 0 Å². The SMILES string of the molecule is Cc1cccc(CNCC(=O)Nc2ccccc2C(C)C)c1. The zero-order valence-corrected chi connectivity index (χ0v) is 13.5. The van der Waals surface area contributed by atoms with Gasteiger partial charge in [0, 0.05) is 12.2 Å². The molecule has 2 rings (SSSR count). The Kier molecular flexibility index (Phi) is 5.73. The van der Waals surface area contributed by atoms with Crippen LogP contribution in [0.25, 0.3) is 0 Å². The van der Waals surface area contributed by atoms with Crippen molar-refractivity contribution < 1.29 is 4.79 Å². The van der Waals surface area contributed by atoms with Crippen LogP contribution in [0.3, 0.4) is 0 Å². The Morgan fingerprint density at radius 1 is 1.09 bits per heavy atom. The summed E-state index contributed by atoms with van der Waals surface area (Å²) >= 11 is 0. The lowest BCUT2D eigenvalue weighted by Gasteiger charge is -2.14. The van der Waals surface area contributed by atoms with Crippen LogP contribution in [0.4, 0.5) is 5.69 Å². The Bertz CT molecular complexity index is 635. The van der Waals surface area contributed by atoms with Gasteiger partial charge in [-0.2, -0.15) is 0 Å². The Labute approximate surface area is 132 Å². The maximum absolute atomic E-state index is 12.1. The highest BCUT2D eigenvalue weighted by Gasteiger charge is 2.08. The van der Waals surface area contributed by atoms with E-state index in [1.54, 1.807) is 0 Å². The second kappa shape index (κ2) is 7.76. The third-order valence-corrected chi connectivity index (χ3v) is 3.55. The van der Waals surface area contributed by atoms with Crippen LogP contribution >= 0.6 is 0 Å². The van der Waals surface area contributed by atoms with Crippen molar-refractivity contribution in [3.8, 4) is 0 Å². The number of benzene rings is 2. The topological polar surface area (TPSA) is 41.1 Å². The first kappa shape index (κ1) is 16.2. The number of carbonyl (C=O) groups excluding carboxylic acids is 1. The fourth-order valence-electron chi connectivity index (χ4n) is 2.45. The molecule has 0 radical (unpaired) electrons. The van der Waals surface area contributed by atoms with Crippen molar-refractivity contribution in [2.45, 2.75) is 33.2 Å². The van der Waals surface area contributed by atoms with E-state index in [4.69, 9.17) is 0 Å². The molecule has 0 heterocycles. The minimum absolute atomic E-state index is 0.0132. The fraction of sp³-hybridized carbons (Fsp3) is 0.316. The molecule has 0 fully saturated rings. The van der Waals surface area contributed by atoms with Crippen LogP contribution in [0.1, 0.15) is 36.5 Å². The first-order valence-electron chi connectivity index (χ1n) is 7.71. The summed E-state index contributed by atoms with van der Waals surface area (Å²) in [7, 11) is 0. The molecule has 0 aliphatic rings. The summed E-state index contributed by atoms with van der Waals surface area (Å²) in [5, 5.41) is 6.17. The quantitative estimate of drug-likeness (QED) is 0.850. The molecular weight excluding hydrogens is 272 g/mol. The van der Waals surface area contributed by atoms with Gasteiger partial charge in [0.2, 0.25) is 5.91 Å². The van der Waals surface area contributed by atoms with E-state index in [0.29, 0.717) is 19.0 Å². The number of hydrogen-bond donors (Lipinski definition) is 2. The molecule has 0 unspecified atom stereocenters. The highest BCUT2D eigenvalue weighted by molar-refractivity contribution is 5.93. The monoisotopic (exact) mass is 296 g/mol. The second-order valence-corrected chi connectivity index (χ2v) is 5.88. The van der Waals surface area contributed by atoms with Gasteiger partial charge in [-0.15, -0.1) is 0 Å². The predicted octanol–water partition coefficient (Wildman–Crippen LogP) is 3.85. The smallest absolute Gasteiger partial charge is 0.238 e. The zero-order chi connectivity index (χ0) is 15.9. The summed E-state index contributed by atoms with van der Waals surface area (Å²) in [6.07, 6.45) is 0. The van der Waals surface area contributed by atoms with Crippen molar-refractivity contribution >= 4 is 11.6 Å². The van der Waals surface area contributed by atoms with Crippen molar-refractivity contribution in [1.82, 2.24) is 5.32 Å². The lowest BCUT2D eigenvalue weighted by Crippen LogP contribution is -2.28. The average molecular weight is 296 g/mol. The van der Waals surface area contributed by atoms with Gasteiger partial charge in [-0.1, -0.05) is 61.9 Å². The van der Waals surface area contributed by atoms with E-state index in [2.05, 4.69) is 55.7 Å². The van der Waals surface area contributed by atoms with E-state index in [-0.39, 0.29) is 5.91 Å². The molecule has 116 valence electrons. The molecule has 2 N–H and O–H groups in total. The van der Waals surface area contributed by atoms with Crippen LogP contribution in [0.5, 0.6) is 0 Å². The molecule has 0 atom stereocenters. The van der Waals surface area contributed by atoms with E-state index >= 15 is 0 Å². The van der Waals surface area contributed by atoms with Gasteiger partial charge in [-0.05, 0) is 30.0 Å². The number of aryl methyl sites for hydroxylation is 1. The summed E-state index contributed by atoms with van der Waals surface area (Å²) in [5.41, 5.74) is 4.49. The van der Waals surface area contributed by atoms with Crippen LogP contribution in [-0.4, -0.2) is 12.5 Å². The molecule has 22 heavy (non-hydrogen) atoms. The van der Waals surface area contributed by atoms with Gasteiger partial charge in [0.15, 0.2) is 0 Å². The zero-order valence-electron chi connectivity index (χ0n) is 13.5. The standard InChI is InChI=1S/C19H24N2O/c1-14(2)17-9-4-5-10-18(17)21-19(22)13-20-12-16-8-6-7-15(3)11-16/h4-11,14,20H,12-13H2,1-3H3,(H,21,22). The normalized spacial score (nSPS) is 10.7. The van der Waals surface area contributed by atoms with Crippen molar-refractivity contribution in [1.29, 1.82) is 0 Å². The Hall–Kier alpha value is -2.13. The summed E-state index contributed by atoms with van der Waals surface area (Å²) in [6.45, 7) is 7.32. The minimum atomic E-state index is -0.0132. The maximum Gasteiger partial charge on any atom is 0.238 e. The third-order valence-electron chi connectivity index (χ3n) is 3.55. The summed E-state index contributed by atoms with van der Waals surface area (Å²) in [6, 6.07) is 16.2. The molecule has 0 spiro atoms. The first-order valence-corrected chi connectivity index (χ1v) is 7.71. The van der Waals surface area contributed by atoms with Crippen molar-refractivity contribution in [3.63, 3.8) is 0 Å².